The Labute approximate surface area is 152 Å². The van der Waals surface area contributed by atoms with Crippen LogP contribution in [0.2, 0.25) is 5.02 Å². The number of rotatable bonds is 2. The average Bonchev–Trinajstić information content (AvgIpc) is 3.06. The quantitative estimate of drug-likeness (QED) is 0.711. The molecule has 0 saturated carbocycles. The molecule has 2 heterocycles. The summed E-state index contributed by atoms with van der Waals surface area (Å²) in [7, 11) is 0. The predicted octanol–water partition coefficient (Wildman–Crippen LogP) is 2.38. The number of nitrogens with two attached hydrogens (primary N) is 3. The van der Waals surface area contributed by atoms with Gasteiger partial charge in [-0.1, -0.05) is 11.6 Å². The molecule has 1 saturated heterocycles. The number of nitrogens with zero attached hydrogens (tertiary/aromatic N) is 3. The van der Waals surface area contributed by atoms with E-state index < -0.39 is 0 Å². The minimum atomic E-state index is 0.186. The maximum absolute atomic E-state index is 6.20. The van der Waals surface area contributed by atoms with Gasteiger partial charge in [0.15, 0.2) is 5.82 Å². The fraction of sp³-hybridized carbons (Fsp3) is 0.444. The lowest BCUT2D eigenvalue weighted by Crippen LogP contribution is -2.43. The number of hydrogen-bond donors (Lipinski definition) is 3. The van der Waals surface area contributed by atoms with Crippen LogP contribution >= 0.6 is 11.6 Å². The number of halogens is 1. The van der Waals surface area contributed by atoms with Crippen molar-refractivity contribution in [2.24, 2.45) is 5.73 Å². The summed E-state index contributed by atoms with van der Waals surface area (Å²) in [6.45, 7) is 1.79. The number of aryl methyl sites for hydroxylation is 1. The molecule has 6 N–H and O–H groups in total. The van der Waals surface area contributed by atoms with Crippen molar-refractivity contribution >= 4 is 28.8 Å². The number of aromatic nitrogens is 2. The third-order valence-electron chi connectivity index (χ3n) is 5.12. The van der Waals surface area contributed by atoms with Gasteiger partial charge < -0.3 is 22.1 Å². The molecular formula is C18H23ClN6. The molecule has 0 bridgehead atoms. The molecular weight excluding hydrogens is 336 g/mol. The average molecular weight is 359 g/mol. The van der Waals surface area contributed by atoms with Gasteiger partial charge in [-0.3, -0.25) is 0 Å². The van der Waals surface area contributed by atoms with Gasteiger partial charge in [0, 0.05) is 36.1 Å². The van der Waals surface area contributed by atoms with Crippen molar-refractivity contribution in [2.75, 3.05) is 29.5 Å². The summed E-state index contributed by atoms with van der Waals surface area (Å²) < 4.78 is 0. The Morgan fingerprint density at radius 1 is 1.12 bits per heavy atom. The van der Waals surface area contributed by atoms with Crippen LogP contribution in [0.1, 0.15) is 30.5 Å². The van der Waals surface area contributed by atoms with E-state index in [0.29, 0.717) is 27.8 Å². The SMILES string of the molecule is Nc1ccc(Cl)c(N)c1-c1nc2c(c(N3CCCC(N)C3)n1)CCC2. The van der Waals surface area contributed by atoms with Gasteiger partial charge in [-0.2, -0.15) is 0 Å². The molecule has 1 unspecified atom stereocenters. The van der Waals surface area contributed by atoms with Crippen LogP contribution in [-0.2, 0) is 12.8 Å². The van der Waals surface area contributed by atoms with E-state index >= 15 is 0 Å². The molecule has 2 aliphatic rings. The molecule has 1 aromatic carbocycles. The molecule has 0 spiro atoms. The maximum atomic E-state index is 6.20. The highest BCUT2D eigenvalue weighted by Crippen LogP contribution is 2.38. The molecule has 1 aliphatic heterocycles. The summed E-state index contributed by atoms with van der Waals surface area (Å²) >= 11 is 6.20. The summed E-state index contributed by atoms with van der Waals surface area (Å²) in [5.41, 5.74) is 22.5. The normalized spacial score (nSPS) is 19.9. The minimum absolute atomic E-state index is 0.186. The zero-order chi connectivity index (χ0) is 17.6. The van der Waals surface area contributed by atoms with Crippen LogP contribution in [0.4, 0.5) is 17.2 Å². The Balaban J connectivity index is 1.86. The molecule has 0 radical (unpaired) electrons. The number of anilines is 3. The van der Waals surface area contributed by atoms with Crippen LogP contribution in [0.15, 0.2) is 12.1 Å². The van der Waals surface area contributed by atoms with Crippen LogP contribution in [0.5, 0.6) is 0 Å². The fourth-order valence-electron chi connectivity index (χ4n) is 3.85. The Morgan fingerprint density at radius 3 is 2.76 bits per heavy atom. The number of fused-ring (bicyclic) bond motifs is 1. The summed E-state index contributed by atoms with van der Waals surface area (Å²) in [5.74, 6) is 1.55. The molecule has 6 nitrogen and oxygen atoms in total. The van der Waals surface area contributed by atoms with Gasteiger partial charge in [-0.25, -0.2) is 9.97 Å². The van der Waals surface area contributed by atoms with Crippen molar-refractivity contribution in [3.8, 4) is 11.4 Å². The van der Waals surface area contributed by atoms with E-state index in [1.165, 1.54) is 5.56 Å². The molecule has 7 heteroatoms. The predicted molar refractivity (Wildman–Crippen MR) is 103 cm³/mol. The molecule has 25 heavy (non-hydrogen) atoms. The number of benzene rings is 1. The largest absolute Gasteiger partial charge is 0.398 e. The van der Waals surface area contributed by atoms with Crippen LogP contribution in [0, 0.1) is 0 Å². The summed E-state index contributed by atoms with van der Waals surface area (Å²) in [6.07, 6.45) is 5.21. The Hall–Kier alpha value is -2.05. The summed E-state index contributed by atoms with van der Waals surface area (Å²) in [6, 6.07) is 3.64. The van der Waals surface area contributed by atoms with Crippen LogP contribution in [-0.4, -0.2) is 29.1 Å². The lowest BCUT2D eigenvalue weighted by atomic mass is 10.1. The highest BCUT2D eigenvalue weighted by Gasteiger charge is 2.27. The van der Waals surface area contributed by atoms with Gasteiger partial charge in [-0.05, 0) is 44.2 Å². The molecule has 1 fully saturated rings. The third kappa shape index (κ3) is 2.89. The Kier molecular flexibility index (Phi) is 4.17. The highest BCUT2D eigenvalue weighted by molar-refractivity contribution is 6.34. The standard InChI is InChI=1S/C18H23ClN6/c19-12-6-7-13(21)15(16(12)22)17-23-14-5-1-4-11(14)18(24-17)25-8-2-3-10(20)9-25/h6-7,10H,1-5,8-9,20-22H2. The molecule has 0 amide bonds. The second kappa shape index (κ2) is 6.35. The lowest BCUT2D eigenvalue weighted by molar-refractivity contribution is 0.502. The first-order valence-corrected chi connectivity index (χ1v) is 9.16. The van der Waals surface area contributed by atoms with Crippen molar-refractivity contribution in [3.63, 3.8) is 0 Å². The van der Waals surface area contributed by atoms with Gasteiger partial charge >= 0.3 is 0 Å². The highest BCUT2D eigenvalue weighted by atomic mass is 35.5. The number of piperidine rings is 1. The van der Waals surface area contributed by atoms with Crippen LogP contribution in [0.3, 0.4) is 0 Å². The first-order chi connectivity index (χ1) is 12.0. The van der Waals surface area contributed by atoms with Crippen LogP contribution < -0.4 is 22.1 Å². The van der Waals surface area contributed by atoms with E-state index in [0.717, 1.165) is 56.7 Å². The smallest absolute Gasteiger partial charge is 0.166 e. The van der Waals surface area contributed by atoms with Gasteiger partial charge in [0.1, 0.15) is 5.82 Å². The van der Waals surface area contributed by atoms with Crippen molar-refractivity contribution in [2.45, 2.75) is 38.1 Å². The molecule has 4 rings (SSSR count). The van der Waals surface area contributed by atoms with Crippen molar-refractivity contribution in [3.05, 3.63) is 28.4 Å². The van der Waals surface area contributed by atoms with Gasteiger partial charge in [0.25, 0.3) is 0 Å². The van der Waals surface area contributed by atoms with Gasteiger partial charge in [-0.15, -0.1) is 0 Å². The van der Waals surface area contributed by atoms with E-state index in [-0.39, 0.29) is 6.04 Å². The third-order valence-corrected chi connectivity index (χ3v) is 5.45. The Morgan fingerprint density at radius 2 is 1.96 bits per heavy atom. The van der Waals surface area contributed by atoms with Crippen molar-refractivity contribution in [1.82, 2.24) is 9.97 Å². The fourth-order valence-corrected chi connectivity index (χ4v) is 4.01. The van der Waals surface area contributed by atoms with E-state index in [9.17, 15) is 0 Å². The Bertz CT molecular complexity index is 822. The second-order valence-corrected chi connectivity index (χ2v) is 7.33. The summed E-state index contributed by atoms with van der Waals surface area (Å²) in [4.78, 5) is 11.9. The molecule has 1 aliphatic carbocycles. The van der Waals surface area contributed by atoms with Gasteiger partial charge in [0.05, 0.1) is 16.3 Å². The lowest BCUT2D eigenvalue weighted by Gasteiger charge is -2.33. The summed E-state index contributed by atoms with van der Waals surface area (Å²) in [5, 5.41) is 0.467. The molecule has 1 aromatic heterocycles. The zero-order valence-corrected chi connectivity index (χ0v) is 14.9. The maximum Gasteiger partial charge on any atom is 0.166 e. The first kappa shape index (κ1) is 16.4. The van der Waals surface area contributed by atoms with Crippen molar-refractivity contribution < 1.29 is 0 Å². The first-order valence-electron chi connectivity index (χ1n) is 8.78. The number of nitrogen functional groups attached to an aromatic ring is 2. The van der Waals surface area contributed by atoms with E-state index in [1.54, 1.807) is 12.1 Å². The van der Waals surface area contributed by atoms with E-state index in [4.69, 9.17) is 38.8 Å². The second-order valence-electron chi connectivity index (χ2n) is 6.92. The van der Waals surface area contributed by atoms with Gasteiger partial charge in [0.2, 0.25) is 0 Å². The monoisotopic (exact) mass is 358 g/mol. The minimum Gasteiger partial charge on any atom is -0.398 e. The molecule has 2 aromatic rings. The van der Waals surface area contributed by atoms with Crippen molar-refractivity contribution in [1.29, 1.82) is 0 Å². The van der Waals surface area contributed by atoms with Crippen LogP contribution in [0.25, 0.3) is 11.4 Å². The topological polar surface area (TPSA) is 107 Å². The zero-order valence-electron chi connectivity index (χ0n) is 14.1. The van der Waals surface area contributed by atoms with E-state index in [2.05, 4.69) is 4.90 Å². The van der Waals surface area contributed by atoms with E-state index in [1.807, 2.05) is 0 Å². The molecule has 1 atom stereocenters. The molecule has 132 valence electrons. The number of hydrogen-bond acceptors (Lipinski definition) is 6.